The van der Waals surface area contributed by atoms with E-state index in [4.69, 9.17) is 5.11 Å². The first-order chi connectivity index (χ1) is 10.1. The lowest BCUT2D eigenvalue weighted by atomic mass is 9.86. The minimum absolute atomic E-state index is 0.0709. The molecule has 21 heavy (non-hydrogen) atoms. The summed E-state index contributed by atoms with van der Waals surface area (Å²) in [6, 6.07) is 6.40. The Kier molecular flexibility index (Phi) is 3.82. The monoisotopic (exact) mass is 288 g/mol. The summed E-state index contributed by atoms with van der Waals surface area (Å²) in [6.45, 7) is 0. The standard InChI is InChI=1S/C16H20N2O3/c19-15-8-4-10-1-7-13(9-14(10)18-15)17-12-5-2-11(3-6-12)16(20)21/h1,7,9,11-12,17H,2-6,8H2,(H,18,19)(H,20,21). The van der Waals surface area contributed by atoms with E-state index in [2.05, 4.69) is 16.7 Å². The molecule has 1 aromatic carbocycles. The lowest BCUT2D eigenvalue weighted by molar-refractivity contribution is -0.142. The van der Waals surface area contributed by atoms with Gasteiger partial charge >= 0.3 is 5.97 Å². The number of carboxylic acids is 1. The summed E-state index contributed by atoms with van der Waals surface area (Å²) in [4.78, 5) is 22.4. The number of aliphatic carboxylic acids is 1. The Hall–Kier alpha value is -2.04. The zero-order valence-corrected chi connectivity index (χ0v) is 11.9. The average Bonchev–Trinajstić information content (AvgIpc) is 2.47. The van der Waals surface area contributed by atoms with Gasteiger partial charge in [0.05, 0.1) is 5.92 Å². The minimum Gasteiger partial charge on any atom is -0.481 e. The van der Waals surface area contributed by atoms with Crippen LogP contribution in [-0.2, 0) is 16.0 Å². The van der Waals surface area contributed by atoms with E-state index >= 15 is 0 Å². The first-order valence-electron chi connectivity index (χ1n) is 7.54. The second kappa shape index (κ2) is 5.76. The molecule has 0 unspecified atom stereocenters. The molecule has 1 aliphatic carbocycles. The van der Waals surface area contributed by atoms with Gasteiger partial charge in [0.15, 0.2) is 0 Å². The summed E-state index contributed by atoms with van der Waals surface area (Å²) in [5.41, 5.74) is 3.07. The van der Waals surface area contributed by atoms with Gasteiger partial charge in [0.2, 0.25) is 5.91 Å². The van der Waals surface area contributed by atoms with Gasteiger partial charge in [0, 0.05) is 23.8 Å². The summed E-state index contributed by atoms with van der Waals surface area (Å²) < 4.78 is 0. The van der Waals surface area contributed by atoms with E-state index in [-0.39, 0.29) is 11.8 Å². The first kappa shape index (κ1) is 13.9. The number of nitrogens with one attached hydrogen (secondary N) is 2. The fraction of sp³-hybridized carbons (Fsp3) is 0.500. The van der Waals surface area contributed by atoms with Crippen molar-refractivity contribution < 1.29 is 14.7 Å². The molecule has 1 amide bonds. The molecule has 0 aromatic heterocycles. The van der Waals surface area contributed by atoms with E-state index in [0.717, 1.165) is 43.5 Å². The molecule has 3 rings (SSSR count). The van der Waals surface area contributed by atoms with Gasteiger partial charge in [-0.3, -0.25) is 9.59 Å². The smallest absolute Gasteiger partial charge is 0.306 e. The highest BCUT2D eigenvalue weighted by molar-refractivity contribution is 5.94. The summed E-state index contributed by atoms with van der Waals surface area (Å²) >= 11 is 0. The van der Waals surface area contributed by atoms with E-state index in [0.29, 0.717) is 12.5 Å². The van der Waals surface area contributed by atoms with Crippen LogP contribution in [0.2, 0.25) is 0 Å². The second-order valence-corrected chi connectivity index (χ2v) is 5.95. The molecular formula is C16H20N2O3. The Balaban J connectivity index is 1.62. The maximum atomic E-state index is 11.4. The van der Waals surface area contributed by atoms with Crippen LogP contribution < -0.4 is 10.6 Å². The predicted molar refractivity (Wildman–Crippen MR) is 80.4 cm³/mol. The maximum Gasteiger partial charge on any atom is 0.306 e. The molecule has 1 fully saturated rings. The molecule has 2 aliphatic rings. The van der Waals surface area contributed by atoms with Gasteiger partial charge in [-0.1, -0.05) is 6.07 Å². The van der Waals surface area contributed by atoms with E-state index in [1.54, 1.807) is 0 Å². The van der Waals surface area contributed by atoms with Crippen molar-refractivity contribution in [2.24, 2.45) is 5.92 Å². The van der Waals surface area contributed by atoms with Crippen LogP contribution in [0.15, 0.2) is 18.2 Å². The number of benzene rings is 1. The first-order valence-corrected chi connectivity index (χ1v) is 7.54. The van der Waals surface area contributed by atoms with Crippen LogP contribution >= 0.6 is 0 Å². The van der Waals surface area contributed by atoms with Gasteiger partial charge in [0.25, 0.3) is 0 Å². The van der Waals surface area contributed by atoms with Crippen molar-refractivity contribution in [2.45, 2.75) is 44.6 Å². The number of hydrogen-bond donors (Lipinski definition) is 3. The lowest BCUT2D eigenvalue weighted by Crippen LogP contribution is -2.29. The van der Waals surface area contributed by atoms with Crippen LogP contribution in [0, 0.1) is 5.92 Å². The predicted octanol–water partition coefficient (Wildman–Crippen LogP) is 2.63. The van der Waals surface area contributed by atoms with Gasteiger partial charge in [-0.15, -0.1) is 0 Å². The quantitative estimate of drug-likeness (QED) is 0.799. The highest BCUT2D eigenvalue weighted by Crippen LogP contribution is 2.30. The molecule has 0 bridgehead atoms. The third-order valence-corrected chi connectivity index (χ3v) is 4.45. The van der Waals surface area contributed by atoms with Crippen molar-refractivity contribution >= 4 is 23.3 Å². The summed E-state index contributed by atoms with van der Waals surface area (Å²) in [7, 11) is 0. The fourth-order valence-corrected chi connectivity index (χ4v) is 3.18. The Morgan fingerprint density at radius 3 is 2.67 bits per heavy atom. The van der Waals surface area contributed by atoms with Crippen LogP contribution in [-0.4, -0.2) is 23.0 Å². The summed E-state index contributed by atoms with van der Waals surface area (Å²) in [5, 5.41) is 15.4. The van der Waals surface area contributed by atoms with E-state index in [1.165, 1.54) is 5.56 Å². The normalized spacial score (nSPS) is 24.9. The molecule has 0 spiro atoms. The van der Waals surface area contributed by atoms with Crippen LogP contribution in [0.4, 0.5) is 11.4 Å². The molecule has 0 saturated heterocycles. The Bertz CT molecular complexity index is 563. The Labute approximate surface area is 123 Å². The molecule has 1 aliphatic heterocycles. The Morgan fingerprint density at radius 2 is 1.95 bits per heavy atom. The van der Waals surface area contributed by atoms with Crippen LogP contribution in [0.3, 0.4) is 0 Å². The number of carbonyl (C=O) groups excluding carboxylic acids is 1. The molecule has 1 saturated carbocycles. The largest absolute Gasteiger partial charge is 0.481 e. The summed E-state index contributed by atoms with van der Waals surface area (Å²) in [6.07, 6.45) is 4.56. The van der Waals surface area contributed by atoms with Crippen molar-refractivity contribution in [2.75, 3.05) is 10.6 Å². The number of anilines is 2. The molecule has 5 heteroatoms. The average molecular weight is 288 g/mol. The fourth-order valence-electron chi connectivity index (χ4n) is 3.18. The number of hydrogen-bond acceptors (Lipinski definition) is 3. The van der Waals surface area contributed by atoms with Crippen molar-refractivity contribution in [1.82, 2.24) is 0 Å². The van der Waals surface area contributed by atoms with Crippen LogP contribution in [0.5, 0.6) is 0 Å². The van der Waals surface area contributed by atoms with Gasteiger partial charge in [-0.05, 0) is 49.8 Å². The van der Waals surface area contributed by atoms with Crippen molar-refractivity contribution in [1.29, 1.82) is 0 Å². The van der Waals surface area contributed by atoms with Crippen LogP contribution in [0.1, 0.15) is 37.7 Å². The van der Waals surface area contributed by atoms with E-state index in [9.17, 15) is 9.59 Å². The van der Waals surface area contributed by atoms with Crippen LogP contribution in [0.25, 0.3) is 0 Å². The zero-order chi connectivity index (χ0) is 14.8. The number of rotatable bonds is 3. The number of carboxylic acid groups (broad SMARTS) is 1. The number of fused-ring (bicyclic) bond motifs is 1. The molecule has 112 valence electrons. The number of carbonyl (C=O) groups is 2. The van der Waals surface area contributed by atoms with Crippen molar-refractivity contribution in [3.8, 4) is 0 Å². The molecule has 3 N–H and O–H groups in total. The molecule has 5 nitrogen and oxygen atoms in total. The van der Waals surface area contributed by atoms with Gasteiger partial charge in [0.1, 0.15) is 0 Å². The van der Waals surface area contributed by atoms with E-state index < -0.39 is 5.97 Å². The number of amides is 1. The number of aryl methyl sites for hydroxylation is 1. The third kappa shape index (κ3) is 3.17. The highest BCUT2D eigenvalue weighted by atomic mass is 16.4. The molecule has 0 radical (unpaired) electrons. The SMILES string of the molecule is O=C1CCc2ccc(NC3CCC(C(=O)O)CC3)cc2N1. The second-order valence-electron chi connectivity index (χ2n) is 5.95. The minimum atomic E-state index is -0.676. The van der Waals surface area contributed by atoms with Crippen molar-refractivity contribution in [3.05, 3.63) is 23.8 Å². The third-order valence-electron chi connectivity index (χ3n) is 4.45. The van der Waals surface area contributed by atoms with E-state index in [1.807, 2.05) is 12.1 Å². The van der Waals surface area contributed by atoms with Gasteiger partial charge in [-0.2, -0.15) is 0 Å². The molecular weight excluding hydrogens is 268 g/mol. The topological polar surface area (TPSA) is 78.4 Å². The summed E-state index contributed by atoms with van der Waals surface area (Å²) in [5.74, 6) is -0.794. The highest BCUT2D eigenvalue weighted by Gasteiger charge is 2.26. The zero-order valence-electron chi connectivity index (χ0n) is 11.9. The molecule has 1 aromatic rings. The maximum absolute atomic E-state index is 11.4. The van der Waals surface area contributed by atoms with Gasteiger partial charge < -0.3 is 15.7 Å². The molecule has 0 atom stereocenters. The van der Waals surface area contributed by atoms with Crippen molar-refractivity contribution in [3.63, 3.8) is 0 Å². The van der Waals surface area contributed by atoms with Gasteiger partial charge in [-0.25, -0.2) is 0 Å². The lowest BCUT2D eigenvalue weighted by Gasteiger charge is -2.28. The Morgan fingerprint density at radius 1 is 1.19 bits per heavy atom. The molecule has 1 heterocycles.